The number of esters is 4. The van der Waals surface area contributed by atoms with Gasteiger partial charge in [-0.05, 0) is 43.4 Å². The van der Waals surface area contributed by atoms with Crippen LogP contribution in [0.5, 0.6) is 0 Å². The summed E-state index contributed by atoms with van der Waals surface area (Å²) in [6.45, 7) is 11.6. The lowest BCUT2D eigenvalue weighted by Gasteiger charge is -2.21. The quantitative estimate of drug-likeness (QED) is 0.0222. The number of aliphatic hydroxyl groups excluding tert-OH is 1. The minimum Gasteiger partial charge on any atom is -0.462 e. The first-order valence-electron chi connectivity index (χ1n) is 32.9. The molecule has 0 aromatic heterocycles. The lowest BCUT2D eigenvalue weighted by atomic mass is 10.00. The highest BCUT2D eigenvalue weighted by Crippen LogP contribution is 2.45. The van der Waals surface area contributed by atoms with E-state index in [-0.39, 0.29) is 25.7 Å². The Balaban J connectivity index is 5.19. The van der Waals surface area contributed by atoms with Crippen LogP contribution in [0.4, 0.5) is 0 Å². The topological polar surface area (TPSA) is 237 Å². The summed E-state index contributed by atoms with van der Waals surface area (Å²) in [5.74, 6) is 0.0950. The highest BCUT2D eigenvalue weighted by atomic mass is 31.2. The van der Waals surface area contributed by atoms with Crippen molar-refractivity contribution in [2.45, 2.75) is 324 Å². The fourth-order valence-corrected chi connectivity index (χ4v) is 10.9. The molecule has 17 nitrogen and oxygen atoms in total. The second kappa shape index (κ2) is 54.5. The summed E-state index contributed by atoms with van der Waals surface area (Å²) in [5.41, 5.74) is 0. The molecule has 0 aliphatic carbocycles. The van der Waals surface area contributed by atoms with E-state index in [2.05, 4.69) is 48.5 Å². The van der Waals surface area contributed by atoms with E-state index in [4.69, 9.17) is 37.0 Å². The lowest BCUT2D eigenvalue weighted by Crippen LogP contribution is -2.30. The third-order valence-corrected chi connectivity index (χ3v) is 16.6. The number of phosphoric acid groups is 2. The van der Waals surface area contributed by atoms with Crippen LogP contribution in [-0.4, -0.2) is 96.7 Å². The first-order valence-corrected chi connectivity index (χ1v) is 35.9. The van der Waals surface area contributed by atoms with Crippen molar-refractivity contribution in [2.75, 3.05) is 39.6 Å². The first-order chi connectivity index (χ1) is 39.3. The van der Waals surface area contributed by atoms with Gasteiger partial charge in [-0.15, -0.1) is 0 Å². The van der Waals surface area contributed by atoms with Crippen molar-refractivity contribution in [2.24, 2.45) is 17.8 Å². The smallest absolute Gasteiger partial charge is 0.462 e. The van der Waals surface area contributed by atoms with Crippen molar-refractivity contribution in [1.29, 1.82) is 0 Å². The molecular formula is C63H122O17P2. The van der Waals surface area contributed by atoms with Gasteiger partial charge < -0.3 is 33.8 Å². The molecule has 0 aromatic rings. The van der Waals surface area contributed by atoms with E-state index in [1.54, 1.807) is 0 Å². The predicted octanol–water partition coefficient (Wildman–Crippen LogP) is 17.1. The number of rotatable bonds is 61. The fourth-order valence-electron chi connectivity index (χ4n) is 9.27. The molecule has 0 radical (unpaired) electrons. The molecule has 0 saturated heterocycles. The normalized spacial score (nSPS) is 14.7. The Hall–Kier alpha value is -1.94. The molecule has 3 N–H and O–H groups in total. The van der Waals surface area contributed by atoms with Crippen LogP contribution in [-0.2, 0) is 65.4 Å². The molecule has 0 spiro atoms. The van der Waals surface area contributed by atoms with E-state index in [0.29, 0.717) is 25.7 Å². The molecule has 19 heteroatoms. The average Bonchev–Trinajstić information content (AvgIpc) is 3.43. The van der Waals surface area contributed by atoms with E-state index in [1.807, 2.05) is 0 Å². The van der Waals surface area contributed by atoms with Crippen LogP contribution in [0.3, 0.4) is 0 Å². The van der Waals surface area contributed by atoms with Gasteiger partial charge in [0.1, 0.15) is 19.3 Å². The molecule has 0 aromatic carbocycles. The number of carbonyl (C=O) groups excluding carboxylic acids is 4. The van der Waals surface area contributed by atoms with Crippen molar-refractivity contribution in [3.05, 3.63) is 0 Å². The van der Waals surface area contributed by atoms with Gasteiger partial charge in [0.05, 0.1) is 26.4 Å². The van der Waals surface area contributed by atoms with Crippen molar-refractivity contribution < 1.29 is 80.2 Å². The Morgan fingerprint density at radius 3 is 0.927 bits per heavy atom. The molecule has 3 unspecified atom stereocenters. The van der Waals surface area contributed by atoms with Crippen LogP contribution >= 0.6 is 15.6 Å². The van der Waals surface area contributed by atoms with Crippen LogP contribution in [0, 0.1) is 17.8 Å². The molecule has 0 heterocycles. The molecule has 0 aliphatic rings. The Morgan fingerprint density at radius 2 is 0.622 bits per heavy atom. The van der Waals surface area contributed by atoms with Gasteiger partial charge in [0, 0.05) is 25.7 Å². The number of carbonyl (C=O) groups is 4. The molecule has 486 valence electrons. The molecule has 0 amide bonds. The number of ether oxygens (including phenoxy) is 4. The van der Waals surface area contributed by atoms with Crippen LogP contribution in [0.15, 0.2) is 0 Å². The van der Waals surface area contributed by atoms with Gasteiger partial charge in [-0.3, -0.25) is 37.3 Å². The maximum Gasteiger partial charge on any atom is 0.472 e. The summed E-state index contributed by atoms with van der Waals surface area (Å²) >= 11 is 0. The zero-order valence-corrected chi connectivity index (χ0v) is 54.7. The highest BCUT2D eigenvalue weighted by Gasteiger charge is 2.30. The van der Waals surface area contributed by atoms with Gasteiger partial charge in [0.15, 0.2) is 12.2 Å². The SMILES string of the molecule is CCCCCCCC(=O)OC[C@H](COP(=O)(O)OC[C@H](O)COP(=O)(O)OC[C@@H](COC(=O)CCCCCCCCCCCCC(C)C)OC(=O)CCCCCCCCCCCCCC(C)C)OC(=O)CCCCCCCCC(C)CC. The van der Waals surface area contributed by atoms with E-state index in [9.17, 15) is 43.2 Å². The number of hydrogen-bond acceptors (Lipinski definition) is 15. The standard InChI is InChI=1S/C63H122O17P2/c1-8-10-11-27-37-44-60(65)73-50-58(80-63(68)47-40-33-26-25-30-36-43-56(7)9-2)52-77-81(69,70)75-48-57(64)49-76-82(71,72)78-53-59(51-74-61(66)45-38-31-23-19-16-15-18-22-29-35-42-55(5)6)79-62(67)46-39-32-24-20-14-12-13-17-21-28-34-41-54(3)4/h54-59,64H,8-53H2,1-7H3,(H,69,70)(H,71,72)/t56?,57-,58+,59+/m0/s1. The minimum absolute atomic E-state index is 0.102. The number of phosphoric ester groups is 2. The van der Waals surface area contributed by atoms with E-state index < -0.39 is 97.5 Å². The Kier molecular flexibility index (Phi) is 53.2. The maximum absolute atomic E-state index is 13.0. The fraction of sp³-hybridized carbons (Fsp3) is 0.937. The Morgan fingerprint density at radius 1 is 0.354 bits per heavy atom. The van der Waals surface area contributed by atoms with Crippen molar-refractivity contribution in [1.82, 2.24) is 0 Å². The summed E-state index contributed by atoms with van der Waals surface area (Å²) < 4.78 is 67.8. The van der Waals surface area contributed by atoms with Crippen LogP contribution in [0.2, 0.25) is 0 Å². The van der Waals surface area contributed by atoms with Crippen LogP contribution in [0.25, 0.3) is 0 Å². The van der Waals surface area contributed by atoms with Crippen molar-refractivity contribution in [3.8, 4) is 0 Å². The lowest BCUT2D eigenvalue weighted by molar-refractivity contribution is -0.161. The first kappa shape index (κ1) is 80.1. The van der Waals surface area contributed by atoms with E-state index in [0.717, 1.165) is 114 Å². The summed E-state index contributed by atoms with van der Waals surface area (Å²) in [6.07, 6.45) is 35.2. The van der Waals surface area contributed by atoms with Gasteiger partial charge in [-0.2, -0.15) is 0 Å². The monoisotopic (exact) mass is 1210 g/mol. The van der Waals surface area contributed by atoms with E-state index >= 15 is 0 Å². The third-order valence-electron chi connectivity index (χ3n) is 14.7. The molecule has 0 bridgehead atoms. The van der Waals surface area contributed by atoms with Crippen molar-refractivity contribution >= 4 is 39.5 Å². The van der Waals surface area contributed by atoms with E-state index in [1.165, 1.54) is 109 Å². The summed E-state index contributed by atoms with van der Waals surface area (Å²) in [7, 11) is -9.88. The Bertz CT molecular complexity index is 1630. The number of hydrogen-bond donors (Lipinski definition) is 3. The second-order valence-corrected chi connectivity index (χ2v) is 26.9. The molecule has 6 atom stereocenters. The molecular weight excluding hydrogens is 1090 g/mol. The number of aliphatic hydroxyl groups is 1. The van der Waals surface area contributed by atoms with Gasteiger partial charge in [0.2, 0.25) is 0 Å². The molecule has 0 rings (SSSR count). The van der Waals surface area contributed by atoms with Crippen molar-refractivity contribution in [3.63, 3.8) is 0 Å². The van der Waals surface area contributed by atoms with Gasteiger partial charge in [-0.25, -0.2) is 9.13 Å². The Labute approximate surface area is 498 Å². The summed E-state index contributed by atoms with van der Waals surface area (Å²) in [5, 5.41) is 10.5. The highest BCUT2D eigenvalue weighted by molar-refractivity contribution is 7.47. The average molecular weight is 1210 g/mol. The zero-order valence-electron chi connectivity index (χ0n) is 52.9. The third kappa shape index (κ3) is 55.9. The molecule has 82 heavy (non-hydrogen) atoms. The number of unbranched alkanes of at least 4 members (excludes halogenated alkanes) is 28. The van der Waals surface area contributed by atoms with Crippen LogP contribution < -0.4 is 0 Å². The largest absolute Gasteiger partial charge is 0.472 e. The molecule has 0 aliphatic heterocycles. The maximum atomic E-state index is 13.0. The summed E-state index contributed by atoms with van der Waals surface area (Å²) in [6, 6.07) is 0. The predicted molar refractivity (Wildman–Crippen MR) is 326 cm³/mol. The van der Waals surface area contributed by atoms with Gasteiger partial charge in [-0.1, -0.05) is 254 Å². The summed E-state index contributed by atoms with van der Waals surface area (Å²) in [4.78, 5) is 71.9. The zero-order chi connectivity index (χ0) is 61.0. The van der Waals surface area contributed by atoms with Gasteiger partial charge >= 0.3 is 39.5 Å². The molecule has 0 fully saturated rings. The minimum atomic E-state index is -4.94. The van der Waals surface area contributed by atoms with Crippen LogP contribution in [0.1, 0.15) is 305 Å². The van der Waals surface area contributed by atoms with Gasteiger partial charge in [0.25, 0.3) is 0 Å². The molecule has 0 saturated carbocycles. The second-order valence-electron chi connectivity index (χ2n) is 24.0.